The Morgan fingerprint density at radius 1 is 1.40 bits per heavy atom. The summed E-state index contributed by atoms with van der Waals surface area (Å²) < 4.78 is 28.2. The highest BCUT2D eigenvalue weighted by molar-refractivity contribution is 7.91. The summed E-state index contributed by atoms with van der Waals surface area (Å²) in [6.45, 7) is 3.87. The van der Waals surface area contributed by atoms with Crippen molar-refractivity contribution in [3.63, 3.8) is 0 Å². The van der Waals surface area contributed by atoms with Gasteiger partial charge in [-0.1, -0.05) is 6.92 Å². The molecule has 1 unspecified atom stereocenters. The first-order valence-electron chi connectivity index (χ1n) is 5.52. The lowest BCUT2D eigenvalue weighted by atomic mass is 9.84. The van der Waals surface area contributed by atoms with Gasteiger partial charge in [-0.05, 0) is 31.2 Å². The van der Waals surface area contributed by atoms with Gasteiger partial charge in [0.2, 0.25) is 0 Å². The van der Waals surface area contributed by atoms with Crippen LogP contribution in [-0.4, -0.2) is 39.7 Å². The second-order valence-electron chi connectivity index (χ2n) is 4.41. The van der Waals surface area contributed by atoms with Crippen molar-refractivity contribution in [2.45, 2.75) is 26.2 Å². The quantitative estimate of drug-likeness (QED) is 0.683. The first-order valence-corrected chi connectivity index (χ1v) is 7.34. The van der Waals surface area contributed by atoms with Gasteiger partial charge < -0.3 is 10.5 Å². The summed E-state index contributed by atoms with van der Waals surface area (Å²) in [7, 11) is -2.84. The smallest absolute Gasteiger partial charge is 0.150 e. The van der Waals surface area contributed by atoms with Crippen molar-refractivity contribution >= 4 is 9.84 Å². The second-order valence-corrected chi connectivity index (χ2v) is 6.59. The van der Waals surface area contributed by atoms with Crippen LogP contribution in [0.1, 0.15) is 26.2 Å². The Labute approximate surface area is 92.1 Å². The predicted octanol–water partition coefficient (Wildman–Crippen LogP) is 0.567. The minimum atomic E-state index is -2.84. The molecule has 1 saturated heterocycles. The van der Waals surface area contributed by atoms with E-state index in [1.807, 2.05) is 0 Å². The van der Waals surface area contributed by atoms with E-state index in [-0.39, 0.29) is 16.9 Å². The molecular formula is C10H21NO3S. The molecule has 2 N–H and O–H groups in total. The van der Waals surface area contributed by atoms with Crippen LogP contribution >= 0.6 is 0 Å². The van der Waals surface area contributed by atoms with Gasteiger partial charge in [0.1, 0.15) is 0 Å². The van der Waals surface area contributed by atoms with Gasteiger partial charge in [-0.2, -0.15) is 0 Å². The summed E-state index contributed by atoms with van der Waals surface area (Å²) in [5, 5.41) is 0. The lowest BCUT2D eigenvalue weighted by Crippen LogP contribution is -2.33. The Kier molecular flexibility index (Phi) is 4.55. The van der Waals surface area contributed by atoms with Gasteiger partial charge in [-0.25, -0.2) is 8.42 Å². The fourth-order valence-electron chi connectivity index (χ4n) is 1.98. The van der Waals surface area contributed by atoms with E-state index in [0.717, 1.165) is 19.4 Å². The van der Waals surface area contributed by atoms with Crippen molar-refractivity contribution in [3.05, 3.63) is 0 Å². The van der Waals surface area contributed by atoms with Crippen molar-refractivity contribution in [1.82, 2.24) is 0 Å². The summed E-state index contributed by atoms with van der Waals surface area (Å²) in [5.41, 5.74) is 5.47. The second kappa shape index (κ2) is 5.27. The number of ether oxygens (including phenoxy) is 1. The van der Waals surface area contributed by atoms with Crippen LogP contribution in [0, 0.1) is 5.41 Å². The number of hydrogen-bond acceptors (Lipinski definition) is 4. The molecule has 5 heteroatoms. The molecule has 0 aromatic carbocycles. The van der Waals surface area contributed by atoms with E-state index >= 15 is 0 Å². The maximum atomic E-state index is 11.4. The molecule has 0 aromatic rings. The van der Waals surface area contributed by atoms with E-state index in [4.69, 9.17) is 10.5 Å². The van der Waals surface area contributed by atoms with Crippen LogP contribution in [0.3, 0.4) is 0 Å². The third kappa shape index (κ3) is 3.74. The molecule has 15 heavy (non-hydrogen) atoms. The first-order chi connectivity index (χ1) is 7.04. The number of rotatable bonds is 6. The molecule has 0 saturated carbocycles. The zero-order valence-electron chi connectivity index (χ0n) is 9.37. The molecule has 1 fully saturated rings. The fourth-order valence-corrected chi connectivity index (χ4v) is 4.21. The molecule has 0 aliphatic carbocycles. The van der Waals surface area contributed by atoms with Gasteiger partial charge in [0.05, 0.1) is 11.5 Å². The van der Waals surface area contributed by atoms with Gasteiger partial charge in [0, 0.05) is 13.2 Å². The SMILES string of the molecule is CCCOCCC1(CN)CCS(=O)(=O)C1. The van der Waals surface area contributed by atoms with Crippen molar-refractivity contribution in [2.24, 2.45) is 11.1 Å². The average Bonchev–Trinajstić information content (AvgIpc) is 2.50. The molecule has 0 amide bonds. The Morgan fingerprint density at radius 3 is 2.60 bits per heavy atom. The Balaban J connectivity index is 2.42. The fraction of sp³-hybridized carbons (Fsp3) is 1.00. The van der Waals surface area contributed by atoms with Crippen LogP contribution in [0.15, 0.2) is 0 Å². The van der Waals surface area contributed by atoms with Gasteiger partial charge in [0.25, 0.3) is 0 Å². The van der Waals surface area contributed by atoms with E-state index in [2.05, 4.69) is 6.92 Å². The topological polar surface area (TPSA) is 69.4 Å². The minimum absolute atomic E-state index is 0.216. The van der Waals surface area contributed by atoms with E-state index in [1.165, 1.54) is 0 Å². The highest BCUT2D eigenvalue weighted by atomic mass is 32.2. The first kappa shape index (κ1) is 12.9. The summed E-state index contributed by atoms with van der Waals surface area (Å²) in [5.74, 6) is 0.532. The molecule has 0 radical (unpaired) electrons. The summed E-state index contributed by atoms with van der Waals surface area (Å²) >= 11 is 0. The molecule has 0 bridgehead atoms. The maximum absolute atomic E-state index is 11.4. The van der Waals surface area contributed by atoms with Crippen LogP contribution < -0.4 is 5.73 Å². The third-order valence-corrected chi connectivity index (χ3v) is 4.91. The standard InChI is InChI=1S/C10H21NO3S/c1-2-5-14-6-3-10(8-11)4-7-15(12,13)9-10/h2-9,11H2,1H3. The van der Waals surface area contributed by atoms with Crippen LogP contribution in [0.25, 0.3) is 0 Å². The van der Waals surface area contributed by atoms with Crippen LogP contribution in [0.2, 0.25) is 0 Å². The highest BCUT2D eigenvalue weighted by Crippen LogP contribution is 2.34. The Bertz CT molecular complexity index is 289. The summed E-state index contributed by atoms with van der Waals surface area (Å²) in [6.07, 6.45) is 2.46. The summed E-state index contributed by atoms with van der Waals surface area (Å²) in [4.78, 5) is 0. The Morgan fingerprint density at radius 2 is 2.13 bits per heavy atom. The molecular weight excluding hydrogens is 214 g/mol. The monoisotopic (exact) mass is 235 g/mol. The molecule has 1 rings (SSSR count). The van der Waals surface area contributed by atoms with Crippen LogP contribution in [-0.2, 0) is 14.6 Å². The third-order valence-electron chi connectivity index (χ3n) is 3.03. The van der Waals surface area contributed by atoms with Crippen molar-refractivity contribution in [2.75, 3.05) is 31.3 Å². The van der Waals surface area contributed by atoms with E-state index in [0.29, 0.717) is 19.6 Å². The van der Waals surface area contributed by atoms with Crippen molar-refractivity contribution in [3.8, 4) is 0 Å². The molecule has 1 atom stereocenters. The molecule has 4 nitrogen and oxygen atoms in total. The van der Waals surface area contributed by atoms with Crippen molar-refractivity contribution in [1.29, 1.82) is 0 Å². The number of sulfone groups is 1. The van der Waals surface area contributed by atoms with Gasteiger partial charge >= 0.3 is 0 Å². The molecule has 0 aromatic heterocycles. The molecule has 1 aliphatic heterocycles. The molecule has 0 spiro atoms. The largest absolute Gasteiger partial charge is 0.381 e. The predicted molar refractivity (Wildman–Crippen MR) is 60.5 cm³/mol. The normalized spacial score (nSPS) is 29.5. The van der Waals surface area contributed by atoms with Crippen LogP contribution in [0.4, 0.5) is 0 Å². The van der Waals surface area contributed by atoms with Gasteiger partial charge in [0.15, 0.2) is 9.84 Å². The van der Waals surface area contributed by atoms with E-state index < -0.39 is 9.84 Å². The number of nitrogens with two attached hydrogens (primary N) is 1. The van der Waals surface area contributed by atoms with Crippen LogP contribution in [0.5, 0.6) is 0 Å². The Hall–Kier alpha value is -0.130. The average molecular weight is 235 g/mol. The lowest BCUT2D eigenvalue weighted by Gasteiger charge is -2.25. The van der Waals surface area contributed by atoms with E-state index in [9.17, 15) is 8.42 Å². The van der Waals surface area contributed by atoms with Crippen molar-refractivity contribution < 1.29 is 13.2 Å². The zero-order chi connectivity index (χ0) is 11.4. The highest BCUT2D eigenvalue weighted by Gasteiger charge is 2.40. The zero-order valence-corrected chi connectivity index (χ0v) is 10.2. The summed E-state index contributed by atoms with van der Waals surface area (Å²) in [6, 6.07) is 0. The van der Waals surface area contributed by atoms with Gasteiger partial charge in [-0.3, -0.25) is 0 Å². The maximum Gasteiger partial charge on any atom is 0.150 e. The lowest BCUT2D eigenvalue weighted by molar-refractivity contribution is 0.103. The minimum Gasteiger partial charge on any atom is -0.381 e. The molecule has 1 heterocycles. The van der Waals surface area contributed by atoms with Gasteiger partial charge in [-0.15, -0.1) is 0 Å². The molecule has 1 aliphatic rings. The van der Waals surface area contributed by atoms with E-state index in [1.54, 1.807) is 0 Å². The molecule has 90 valence electrons. The number of hydrogen-bond donors (Lipinski definition) is 1.